The first-order valence-corrected chi connectivity index (χ1v) is 5.45. The van der Waals surface area contributed by atoms with Gasteiger partial charge in [-0.2, -0.15) is 0 Å². The molecule has 86 valence electrons. The SMILES string of the molecule is COCCCCn1cc(CCCN)nn1. The molecule has 1 heterocycles. The smallest absolute Gasteiger partial charge is 0.0827 e. The van der Waals surface area contributed by atoms with Crippen LogP contribution in [0.15, 0.2) is 6.20 Å². The lowest BCUT2D eigenvalue weighted by molar-refractivity contribution is 0.191. The van der Waals surface area contributed by atoms with Gasteiger partial charge in [-0.25, -0.2) is 0 Å². The molecule has 5 heteroatoms. The number of hydrogen-bond acceptors (Lipinski definition) is 4. The van der Waals surface area contributed by atoms with Gasteiger partial charge in [0.25, 0.3) is 0 Å². The molecule has 0 amide bonds. The van der Waals surface area contributed by atoms with E-state index in [1.165, 1.54) is 0 Å². The maximum Gasteiger partial charge on any atom is 0.0827 e. The number of aryl methyl sites for hydroxylation is 2. The minimum Gasteiger partial charge on any atom is -0.385 e. The monoisotopic (exact) mass is 212 g/mol. The van der Waals surface area contributed by atoms with Gasteiger partial charge in [0.05, 0.1) is 5.69 Å². The molecular weight excluding hydrogens is 192 g/mol. The van der Waals surface area contributed by atoms with Gasteiger partial charge in [-0.1, -0.05) is 5.21 Å². The van der Waals surface area contributed by atoms with Crippen LogP contribution < -0.4 is 5.73 Å². The summed E-state index contributed by atoms with van der Waals surface area (Å²) in [5, 5.41) is 8.13. The van der Waals surface area contributed by atoms with Crippen LogP contribution in [-0.2, 0) is 17.7 Å². The fourth-order valence-electron chi connectivity index (χ4n) is 1.37. The lowest BCUT2D eigenvalue weighted by Gasteiger charge is -1.99. The fraction of sp³-hybridized carbons (Fsp3) is 0.800. The molecule has 5 nitrogen and oxygen atoms in total. The van der Waals surface area contributed by atoms with Gasteiger partial charge in [-0.3, -0.25) is 4.68 Å². The van der Waals surface area contributed by atoms with E-state index in [4.69, 9.17) is 10.5 Å². The van der Waals surface area contributed by atoms with Gasteiger partial charge in [0.15, 0.2) is 0 Å². The Bertz CT molecular complexity index is 262. The molecule has 0 bridgehead atoms. The topological polar surface area (TPSA) is 66.0 Å². The van der Waals surface area contributed by atoms with Gasteiger partial charge in [0.1, 0.15) is 0 Å². The molecule has 0 aliphatic rings. The first kappa shape index (κ1) is 12.1. The minimum atomic E-state index is 0.709. The molecule has 1 rings (SSSR count). The summed E-state index contributed by atoms with van der Waals surface area (Å²) in [6.45, 7) is 2.44. The molecule has 0 fully saturated rings. The van der Waals surface area contributed by atoms with Crippen LogP contribution in [0.25, 0.3) is 0 Å². The highest BCUT2D eigenvalue weighted by Gasteiger charge is 1.99. The van der Waals surface area contributed by atoms with Crippen molar-refractivity contribution in [2.24, 2.45) is 5.73 Å². The van der Waals surface area contributed by atoms with Crippen molar-refractivity contribution in [1.82, 2.24) is 15.0 Å². The number of nitrogens with two attached hydrogens (primary N) is 1. The predicted molar refractivity (Wildman–Crippen MR) is 58.5 cm³/mol. The normalized spacial score (nSPS) is 10.8. The number of ether oxygens (including phenoxy) is 1. The van der Waals surface area contributed by atoms with E-state index < -0.39 is 0 Å². The highest BCUT2D eigenvalue weighted by molar-refractivity contribution is 4.92. The Labute approximate surface area is 90.6 Å². The summed E-state index contributed by atoms with van der Waals surface area (Å²) in [6, 6.07) is 0. The number of unbranched alkanes of at least 4 members (excludes halogenated alkanes) is 1. The molecule has 0 aromatic carbocycles. The van der Waals surface area contributed by atoms with E-state index >= 15 is 0 Å². The first-order chi connectivity index (χ1) is 7.36. The summed E-state index contributed by atoms with van der Waals surface area (Å²) >= 11 is 0. The summed E-state index contributed by atoms with van der Waals surface area (Å²) in [5.41, 5.74) is 6.46. The van der Waals surface area contributed by atoms with Crippen molar-refractivity contribution in [2.45, 2.75) is 32.2 Å². The largest absolute Gasteiger partial charge is 0.385 e. The van der Waals surface area contributed by atoms with E-state index in [-0.39, 0.29) is 0 Å². The van der Waals surface area contributed by atoms with Crippen LogP contribution in [0.3, 0.4) is 0 Å². The highest BCUT2D eigenvalue weighted by Crippen LogP contribution is 1.99. The standard InChI is InChI=1S/C10H20N4O/c1-15-8-3-2-7-14-9-10(12-13-14)5-4-6-11/h9H,2-8,11H2,1H3. The summed E-state index contributed by atoms with van der Waals surface area (Å²) in [4.78, 5) is 0. The zero-order valence-electron chi connectivity index (χ0n) is 9.35. The molecule has 0 aliphatic carbocycles. The predicted octanol–water partition coefficient (Wildman–Crippen LogP) is 0.596. The minimum absolute atomic E-state index is 0.709. The zero-order valence-corrected chi connectivity index (χ0v) is 9.35. The molecule has 0 saturated heterocycles. The summed E-state index contributed by atoms with van der Waals surface area (Å²) in [5.74, 6) is 0. The van der Waals surface area contributed by atoms with Crippen molar-refractivity contribution >= 4 is 0 Å². The average Bonchev–Trinajstić information content (AvgIpc) is 2.69. The quantitative estimate of drug-likeness (QED) is 0.641. The average molecular weight is 212 g/mol. The maximum atomic E-state index is 5.43. The third-order valence-electron chi connectivity index (χ3n) is 2.21. The van der Waals surface area contributed by atoms with Crippen molar-refractivity contribution in [1.29, 1.82) is 0 Å². The van der Waals surface area contributed by atoms with Gasteiger partial charge in [0, 0.05) is 26.5 Å². The second-order valence-electron chi connectivity index (χ2n) is 3.57. The third kappa shape index (κ3) is 4.90. The Kier molecular flexibility index (Phi) is 5.96. The Morgan fingerprint density at radius 3 is 3.00 bits per heavy atom. The van der Waals surface area contributed by atoms with E-state index in [0.717, 1.165) is 44.5 Å². The van der Waals surface area contributed by atoms with Gasteiger partial charge in [-0.05, 0) is 32.2 Å². The number of hydrogen-bond donors (Lipinski definition) is 1. The van der Waals surface area contributed by atoms with Crippen LogP contribution >= 0.6 is 0 Å². The van der Waals surface area contributed by atoms with Crippen LogP contribution in [0.5, 0.6) is 0 Å². The zero-order chi connectivity index (χ0) is 10.9. The van der Waals surface area contributed by atoms with Crippen LogP contribution in [0.1, 0.15) is 25.0 Å². The van der Waals surface area contributed by atoms with E-state index in [9.17, 15) is 0 Å². The maximum absolute atomic E-state index is 5.43. The number of rotatable bonds is 8. The molecule has 0 atom stereocenters. The van der Waals surface area contributed by atoms with Crippen LogP contribution in [0, 0.1) is 0 Å². The molecular formula is C10H20N4O. The molecule has 0 spiro atoms. The molecule has 15 heavy (non-hydrogen) atoms. The van der Waals surface area contributed by atoms with E-state index in [1.807, 2.05) is 10.9 Å². The van der Waals surface area contributed by atoms with Crippen molar-refractivity contribution in [3.8, 4) is 0 Å². The Morgan fingerprint density at radius 1 is 1.40 bits per heavy atom. The first-order valence-electron chi connectivity index (χ1n) is 5.45. The molecule has 1 aromatic rings. The van der Waals surface area contributed by atoms with Gasteiger partial charge in [0.2, 0.25) is 0 Å². The number of nitrogens with zero attached hydrogens (tertiary/aromatic N) is 3. The summed E-state index contributed by atoms with van der Waals surface area (Å²) in [6.07, 6.45) is 6.04. The van der Waals surface area contributed by atoms with Crippen molar-refractivity contribution in [3.05, 3.63) is 11.9 Å². The Balaban J connectivity index is 2.20. The number of aromatic nitrogens is 3. The van der Waals surface area contributed by atoms with Crippen LogP contribution in [-0.4, -0.2) is 35.3 Å². The van der Waals surface area contributed by atoms with Gasteiger partial charge in [-0.15, -0.1) is 5.10 Å². The molecule has 0 unspecified atom stereocenters. The number of methoxy groups -OCH3 is 1. The Hall–Kier alpha value is -0.940. The van der Waals surface area contributed by atoms with E-state index in [1.54, 1.807) is 7.11 Å². The molecule has 0 saturated carbocycles. The molecule has 0 aliphatic heterocycles. The lowest BCUT2D eigenvalue weighted by Crippen LogP contribution is -2.01. The summed E-state index contributed by atoms with van der Waals surface area (Å²) < 4.78 is 6.87. The van der Waals surface area contributed by atoms with Crippen LogP contribution in [0.2, 0.25) is 0 Å². The Morgan fingerprint density at radius 2 is 2.27 bits per heavy atom. The summed E-state index contributed by atoms with van der Waals surface area (Å²) in [7, 11) is 1.72. The van der Waals surface area contributed by atoms with Crippen molar-refractivity contribution in [2.75, 3.05) is 20.3 Å². The van der Waals surface area contributed by atoms with E-state index in [2.05, 4.69) is 10.3 Å². The molecule has 2 N–H and O–H groups in total. The van der Waals surface area contributed by atoms with Crippen molar-refractivity contribution < 1.29 is 4.74 Å². The molecule has 1 aromatic heterocycles. The van der Waals surface area contributed by atoms with Crippen LogP contribution in [0.4, 0.5) is 0 Å². The second-order valence-corrected chi connectivity index (χ2v) is 3.57. The third-order valence-corrected chi connectivity index (χ3v) is 2.21. The van der Waals surface area contributed by atoms with Gasteiger partial charge >= 0.3 is 0 Å². The van der Waals surface area contributed by atoms with Crippen molar-refractivity contribution in [3.63, 3.8) is 0 Å². The van der Waals surface area contributed by atoms with Gasteiger partial charge < -0.3 is 10.5 Å². The highest BCUT2D eigenvalue weighted by atomic mass is 16.5. The fourth-order valence-corrected chi connectivity index (χ4v) is 1.37. The molecule has 0 radical (unpaired) electrons. The lowest BCUT2D eigenvalue weighted by atomic mass is 10.2. The van der Waals surface area contributed by atoms with E-state index in [0.29, 0.717) is 6.54 Å². The second kappa shape index (κ2) is 7.36.